The number of morpholine rings is 1. The lowest BCUT2D eigenvalue weighted by molar-refractivity contribution is -0.155. The maximum absolute atomic E-state index is 12.2. The zero-order chi connectivity index (χ0) is 22.8. The van der Waals surface area contributed by atoms with Crippen LogP contribution in [0.15, 0.2) is 18.2 Å². The van der Waals surface area contributed by atoms with Crippen LogP contribution >= 0.6 is 0 Å². The van der Waals surface area contributed by atoms with Gasteiger partial charge in [-0.2, -0.15) is 0 Å². The maximum Gasteiger partial charge on any atom is 0.423 e. The van der Waals surface area contributed by atoms with E-state index in [0.717, 1.165) is 57.0 Å². The summed E-state index contributed by atoms with van der Waals surface area (Å²) in [7, 11) is 0. The Morgan fingerprint density at radius 3 is 2.48 bits per heavy atom. The summed E-state index contributed by atoms with van der Waals surface area (Å²) in [5.74, 6) is 5.36. The molecule has 2 fully saturated rings. The van der Waals surface area contributed by atoms with Crippen LogP contribution in [0.3, 0.4) is 0 Å². The average Bonchev–Trinajstić information content (AvgIpc) is 2.98. The van der Waals surface area contributed by atoms with Gasteiger partial charge in [-0.05, 0) is 18.5 Å². The van der Waals surface area contributed by atoms with Crippen molar-refractivity contribution in [3.8, 4) is 23.3 Å². The molecule has 5 rings (SSSR count). The summed E-state index contributed by atoms with van der Waals surface area (Å²) in [6, 6.07) is 5.37. The van der Waals surface area contributed by atoms with Crippen molar-refractivity contribution in [1.82, 2.24) is 14.8 Å². The average molecular weight is 450 g/mol. The summed E-state index contributed by atoms with van der Waals surface area (Å²) >= 11 is 0. The van der Waals surface area contributed by atoms with Crippen LogP contribution in [-0.2, 0) is 14.3 Å². The first-order valence-electron chi connectivity index (χ1n) is 11.3. The highest BCUT2D eigenvalue weighted by atomic mass is 16.6. The first-order chi connectivity index (χ1) is 16.1. The van der Waals surface area contributed by atoms with Gasteiger partial charge in [0.25, 0.3) is 0 Å². The van der Waals surface area contributed by atoms with E-state index in [1.54, 1.807) is 12.1 Å². The second-order valence-corrected chi connectivity index (χ2v) is 8.18. The Balaban J connectivity index is 1.59. The van der Waals surface area contributed by atoms with Crippen molar-refractivity contribution in [2.45, 2.75) is 6.92 Å². The summed E-state index contributed by atoms with van der Waals surface area (Å²) in [5, 5.41) is 1.32. The molecule has 0 unspecified atom stereocenters. The molecule has 2 aromatic rings. The number of rotatable bonds is 3. The molecule has 0 N–H and O–H groups in total. The van der Waals surface area contributed by atoms with Gasteiger partial charge in [0.2, 0.25) is 0 Å². The molecule has 0 atom stereocenters. The highest BCUT2D eigenvalue weighted by Crippen LogP contribution is 2.41. The molecule has 2 saturated heterocycles. The van der Waals surface area contributed by atoms with E-state index in [2.05, 4.69) is 33.5 Å². The molecular weight excluding hydrogens is 424 g/mol. The zero-order valence-corrected chi connectivity index (χ0v) is 18.6. The first kappa shape index (κ1) is 21.6. The monoisotopic (exact) mass is 450 g/mol. The molecule has 0 spiro atoms. The van der Waals surface area contributed by atoms with Gasteiger partial charge in [0.05, 0.1) is 25.1 Å². The Kier molecular flexibility index (Phi) is 6.13. The van der Waals surface area contributed by atoms with Crippen molar-refractivity contribution in [2.75, 3.05) is 70.5 Å². The third kappa shape index (κ3) is 4.37. The lowest BCUT2D eigenvalue weighted by Gasteiger charge is -2.35. The SMILES string of the molecule is CCN1CCN(c2nc(C#CCN3CCOCC3)c3c4c(cccc24)OC(=O)C(=O)O3)CC1. The Labute approximate surface area is 192 Å². The number of anilines is 1. The Morgan fingerprint density at radius 1 is 0.970 bits per heavy atom. The zero-order valence-electron chi connectivity index (χ0n) is 18.6. The summed E-state index contributed by atoms with van der Waals surface area (Å²) in [4.78, 5) is 36.0. The minimum atomic E-state index is -1.07. The van der Waals surface area contributed by atoms with Crippen molar-refractivity contribution >= 4 is 28.5 Å². The second kappa shape index (κ2) is 9.35. The molecule has 9 nitrogen and oxygen atoms in total. The molecule has 3 aliphatic heterocycles. The van der Waals surface area contributed by atoms with E-state index < -0.39 is 11.9 Å². The van der Waals surface area contributed by atoms with E-state index in [4.69, 9.17) is 19.2 Å². The number of likely N-dealkylation sites (N-methyl/N-ethyl adjacent to an activating group) is 1. The third-order valence-corrected chi connectivity index (χ3v) is 6.22. The molecule has 0 bridgehead atoms. The number of esters is 2. The Hall–Kier alpha value is -3.19. The van der Waals surface area contributed by atoms with Gasteiger partial charge >= 0.3 is 11.9 Å². The van der Waals surface area contributed by atoms with E-state index in [0.29, 0.717) is 30.8 Å². The first-order valence-corrected chi connectivity index (χ1v) is 11.3. The molecule has 9 heteroatoms. The summed E-state index contributed by atoms with van der Waals surface area (Å²) in [6.07, 6.45) is 0. The minimum Gasteiger partial charge on any atom is -0.417 e. The lowest BCUT2D eigenvalue weighted by Crippen LogP contribution is -2.46. The predicted molar refractivity (Wildman–Crippen MR) is 121 cm³/mol. The lowest BCUT2D eigenvalue weighted by atomic mass is 10.1. The predicted octanol–water partition coefficient (Wildman–Crippen LogP) is 0.885. The number of ether oxygens (including phenoxy) is 3. The molecular formula is C24H26N4O5. The fourth-order valence-corrected chi connectivity index (χ4v) is 4.34. The van der Waals surface area contributed by atoms with Crippen molar-refractivity contribution in [2.24, 2.45) is 0 Å². The number of pyridine rings is 1. The smallest absolute Gasteiger partial charge is 0.417 e. The van der Waals surface area contributed by atoms with Crippen LogP contribution in [0, 0.1) is 11.8 Å². The van der Waals surface area contributed by atoms with Crippen LogP contribution in [0.4, 0.5) is 5.82 Å². The molecule has 0 amide bonds. The number of hydrogen-bond acceptors (Lipinski definition) is 9. The van der Waals surface area contributed by atoms with Crippen LogP contribution in [0.1, 0.15) is 12.6 Å². The minimum absolute atomic E-state index is 0.182. The fourth-order valence-electron chi connectivity index (χ4n) is 4.34. The van der Waals surface area contributed by atoms with Gasteiger partial charge in [-0.15, -0.1) is 0 Å². The molecule has 1 aromatic heterocycles. The number of carbonyl (C=O) groups excluding carboxylic acids is 2. The van der Waals surface area contributed by atoms with E-state index in [1.807, 2.05) is 6.07 Å². The van der Waals surface area contributed by atoms with Gasteiger partial charge in [-0.25, -0.2) is 14.6 Å². The van der Waals surface area contributed by atoms with Crippen molar-refractivity contribution in [3.05, 3.63) is 23.9 Å². The number of hydrogen-bond donors (Lipinski definition) is 0. The number of aromatic nitrogens is 1. The summed E-state index contributed by atoms with van der Waals surface area (Å²) < 4.78 is 16.2. The largest absolute Gasteiger partial charge is 0.423 e. The van der Waals surface area contributed by atoms with Crippen molar-refractivity contribution in [3.63, 3.8) is 0 Å². The van der Waals surface area contributed by atoms with E-state index >= 15 is 0 Å². The third-order valence-electron chi connectivity index (χ3n) is 6.22. The number of benzene rings is 1. The molecule has 4 heterocycles. The molecule has 0 saturated carbocycles. The number of piperazine rings is 1. The molecule has 3 aliphatic rings. The van der Waals surface area contributed by atoms with Crippen LogP contribution in [0.5, 0.6) is 11.5 Å². The maximum atomic E-state index is 12.2. The van der Waals surface area contributed by atoms with Crippen molar-refractivity contribution < 1.29 is 23.8 Å². The molecule has 1 aromatic carbocycles. The highest BCUT2D eigenvalue weighted by Gasteiger charge is 2.31. The van der Waals surface area contributed by atoms with E-state index in [-0.39, 0.29) is 11.5 Å². The van der Waals surface area contributed by atoms with Crippen LogP contribution in [0.25, 0.3) is 10.8 Å². The topological polar surface area (TPSA) is 84.4 Å². The number of carbonyl (C=O) groups is 2. The van der Waals surface area contributed by atoms with Crippen LogP contribution in [0.2, 0.25) is 0 Å². The van der Waals surface area contributed by atoms with Gasteiger partial charge in [-0.3, -0.25) is 4.90 Å². The quantitative estimate of drug-likeness (QED) is 0.293. The molecule has 0 aliphatic carbocycles. The standard InChI is InChI=1S/C24H26N4O5/c1-2-26-9-11-28(12-10-26)22-17-5-3-7-19-20(17)21(33-24(30)23(29)32-19)18(25-22)6-4-8-27-13-15-31-16-14-27/h3,5,7H,2,8-16H2,1H3. The van der Waals surface area contributed by atoms with E-state index in [9.17, 15) is 9.59 Å². The van der Waals surface area contributed by atoms with Crippen LogP contribution < -0.4 is 14.4 Å². The molecule has 0 radical (unpaired) electrons. The summed E-state index contributed by atoms with van der Waals surface area (Å²) in [6.45, 7) is 10.2. The second-order valence-electron chi connectivity index (χ2n) is 8.18. The van der Waals surface area contributed by atoms with Gasteiger partial charge in [0.15, 0.2) is 11.4 Å². The molecule has 33 heavy (non-hydrogen) atoms. The van der Waals surface area contributed by atoms with Gasteiger partial charge in [-0.1, -0.05) is 25.0 Å². The highest BCUT2D eigenvalue weighted by molar-refractivity contribution is 6.32. The van der Waals surface area contributed by atoms with Gasteiger partial charge in [0, 0.05) is 44.7 Å². The van der Waals surface area contributed by atoms with Gasteiger partial charge < -0.3 is 24.0 Å². The van der Waals surface area contributed by atoms with Crippen molar-refractivity contribution in [1.29, 1.82) is 0 Å². The summed E-state index contributed by atoms with van der Waals surface area (Å²) in [5.41, 5.74) is 0.336. The van der Waals surface area contributed by atoms with Gasteiger partial charge in [0.1, 0.15) is 11.6 Å². The number of nitrogens with zero attached hydrogens (tertiary/aromatic N) is 4. The van der Waals surface area contributed by atoms with Crippen LogP contribution in [-0.4, -0.2) is 92.3 Å². The van der Waals surface area contributed by atoms with E-state index in [1.165, 1.54) is 0 Å². The Morgan fingerprint density at radius 2 is 1.73 bits per heavy atom. The molecule has 172 valence electrons. The normalized spacial score (nSPS) is 19.5. The Bertz CT molecular complexity index is 1140. The fraction of sp³-hybridized carbons (Fsp3) is 0.458.